The van der Waals surface area contributed by atoms with Gasteiger partial charge in [-0.3, -0.25) is 9.63 Å². The zero-order valence-corrected chi connectivity index (χ0v) is 13.9. The van der Waals surface area contributed by atoms with Crippen molar-refractivity contribution in [2.24, 2.45) is 0 Å². The van der Waals surface area contributed by atoms with Gasteiger partial charge in [0.15, 0.2) is 0 Å². The summed E-state index contributed by atoms with van der Waals surface area (Å²) in [6, 6.07) is 16.1. The summed E-state index contributed by atoms with van der Waals surface area (Å²) in [6.45, 7) is 4.51. The van der Waals surface area contributed by atoms with Gasteiger partial charge in [-0.15, -0.1) is 0 Å². The molecule has 2 aliphatic rings. The lowest BCUT2D eigenvalue weighted by atomic mass is 9.96. The van der Waals surface area contributed by atoms with Crippen LogP contribution < -0.4 is 0 Å². The summed E-state index contributed by atoms with van der Waals surface area (Å²) in [6.07, 6.45) is 0.527. The molecule has 0 amide bonds. The van der Waals surface area contributed by atoms with Gasteiger partial charge in [0, 0.05) is 6.42 Å². The third-order valence-electron chi connectivity index (χ3n) is 4.91. The van der Waals surface area contributed by atoms with E-state index in [1.807, 2.05) is 23.3 Å². The highest BCUT2D eigenvalue weighted by Crippen LogP contribution is 2.42. The molecule has 0 aliphatic carbocycles. The number of hydroxylamine groups is 2. The Bertz CT molecular complexity index is 759. The number of ether oxygens (including phenoxy) is 1. The minimum absolute atomic E-state index is 0.0512. The number of carbonyl (C=O) groups is 1. The van der Waals surface area contributed by atoms with Gasteiger partial charge in [-0.05, 0) is 30.5 Å². The van der Waals surface area contributed by atoms with Crippen LogP contribution in [0.2, 0.25) is 0 Å². The van der Waals surface area contributed by atoms with E-state index in [-0.39, 0.29) is 24.2 Å². The van der Waals surface area contributed by atoms with Crippen LogP contribution in [0.1, 0.15) is 40.8 Å². The number of cyclic esters (lactones) is 1. The molecule has 4 heteroatoms. The largest absolute Gasteiger partial charge is 0.462 e. The summed E-state index contributed by atoms with van der Waals surface area (Å²) in [4.78, 5) is 18.5. The first kappa shape index (κ1) is 15.4. The minimum atomic E-state index is -0.338. The summed E-state index contributed by atoms with van der Waals surface area (Å²) >= 11 is 0. The van der Waals surface area contributed by atoms with Crippen molar-refractivity contribution in [2.45, 2.75) is 38.5 Å². The Hall–Kier alpha value is -2.17. The minimum Gasteiger partial charge on any atom is -0.462 e. The lowest BCUT2D eigenvalue weighted by Gasteiger charge is -2.34. The topological polar surface area (TPSA) is 38.8 Å². The average molecular weight is 323 g/mol. The van der Waals surface area contributed by atoms with E-state index in [9.17, 15) is 4.79 Å². The van der Waals surface area contributed by atoms with Gasteiger partial charge in [0.2, 0.25) is 0 Å². The van der Waals surface area contributed by atoms with Crippen LogP contribution in [0.25, 0.3) is 0 Å². The van der Waals surface area contributed by atoms with Crippen molar-refractivity contribution in [1.29, 1.82) is 0 Å². The number of aryl methyl sites for hydroxylation is 2. The van der Waals surface area contributed by atoms with Crippen molar-refractivity contribution in [2.75, 3.05) is 6.61 Å². The molecule has 0 aromatic heterocycles. The number of benzene rings is 2. The van der Waals surface area contributed by atoms with E-state index in [1.54, 1.807) is 0 Å². The van der Waals surface area contributed by atoms with Crippen LogP contribution in [0.3, 0.4) is 0 Å². The first-order chi connectivity index (χ1) is 11.6. The molecule has 0 saturated carbocycles. The van der Waals surface area contributed by atoms with Gasteiger partial charge >= 0.3 is 5.97 Å². The molecule has 2 fully saturated rings. The van der Waals surface area contributed by atoms with E-state index in [2.05, 4.69) is 44.2 Å². The van der Waals surface area contributed by atoms with Crippen molar-refractivity contribution in [3.05, 3.63) is 70.8 Å². The van der Waals surface area contributed by atoms with Gasteiger partial charge in [-0.25, -0.2) is 0 Å². The molecular formula is C20H21NO3. The predicted molar refractivity (Wildman–Crippen MR) is 90.1 cm³/mol. The number of hydrogen-bond acceptors (Lipinski definition) is 4. The van der Waals surface area contributed by atoms with Crippen LogP contribution in [0.5, 0.6) is 0 Å². The molecule has 24 heavy (non-hydrogen) atoms. The molecule has 3 atom stereocenters. The van der Waals surface area contributed by atoms with E-state index in [4.69, 9.17) is 9.57 Å². The fourth-order valence-electron chi connectivity index (χ4n) is 3.68. The van der Waals surface area contributed by atoms with Gasteiger partial charge in [0.1, 0.15) is 18.8 Å². The van der Waals surface area contributed by atoms with Gasteiger partial charge in [-0.1, -0.05) is 54.1 Å². The van der Waals surface area contributed by atoms with E-state index in [0.717, 1.165) is 11.1 Å². The van der Waals surface area contributed by atoms with Crippen molar-refractivity contribution >= 4 is 5.97 Å². The number of carbonyl (C=O) groups excluding carboxylic acids is 1. The van der Waals surface area contributed by atoms with Crippen molar-refractivity contribution in [1.82, 2.24) is 5.06 Å². The fourth-order valence-corrected chi connectivity index (χ4v) is 3.68. The van der Waals surface area contributed by atoms with Crippen LogP contribution in [0, 0.1) is 13.8 Å². The molecule has 2 aliphatic heterocycles. The highest BCUT2D eigenvalue weighted by atomic mass is 16.7. The number of morpholine rings is 1. The van der Waals surface area contributed by atoms with Gasteiger partial charge in [0.05, 0.1) is 6.04 Å². The molecule has 0 N–H and O–H groups in total. The second kappa shape index (κ2) is 6.04. The smallest absolute Gasteiger partial charge is 0.325 e. The van der Waals surface area contributed by atoms with E-state index >= 15 is 0 Å². The summed E-state index contributed by atoms with van der Waals surface area (Å²) in [5, 5.41) is 1.85. The number of rotatable bonds is 2. The zero-order valence-electron chi connectivity index (χ0n) is 13.9. The summed E-state index contributed by atoms with van der Waals surface area (Å²) in [5.74, 6) is -0.186. The second-order valence-electron chi connectivity index (χ2n) is 6.62. The standard InChI is InChI=1S/C20H21NO3/c1-13-8-9-16(14(2)10-13)19-11-17-20(22)23-12-18(21(17)24-19)15-6-4-3-5-7-15/h3-10,17-19H,11-12H2,1-2H3/t17-,18+,19-/m0/s1. The predicted octanol–water partition coefficient (Wildman–Crippen LogP) is 3.65. The Morgan fingerprint density at radius 3 is 2.58 bits per heavy atom. The molecule has 2 aromatic rings. The van der Waals surface area contributed by atoms with Crippen molar-refractivity contribution in [3.8, 4) is 0 Å². The van der Waals surface area contributed by atoms with Crippen molar-refractivity contribution < 1.29 is 14.4 Å². The molecule has 0 bridgehead atoms. The Balaban J connectivity index is 1.64. The monoisotopic (exact) mass is 323 g/mol. The van der Waals surface area contributed by atoms with Crippen LogP contribution in [-0.2, 0) is 14.4 Å². The lowest BCUT2D eigenvalue weighted by Crippen LogP contribution is -2.46. The highest BCUT2D eigenvalue weighted by Gasteiger charge is 2.47. The molecule has 2 aromatic carbocycles. The Labute approximate surface area is 141 Å². The average Bonchev–Trinajstić information content (AvgIpc) is 3.02. The number of fused-ring (bicyclic) bond motifs is 1. The van der Waals surface area contributed by atoms with Gasteiger partial charge in [0.25, 0.3) is 0 Å². The molecular weight excluding hydrogens is 302 g/mol. The third kappa shape index (κ3) is 2.62. The normalized spacial score (nSPS) is 26.9. The van der Waals surface area contributed by atoms with E-state index in [1.165, 1.54) is 11.1 Å². The maximum atomic E-state index is 12.2. The van der Waals surface area contributed by atoms with Gasteiger partial charge in [-0.2, -0.15) is 5.06 Å². The lowest BCUT2D eigenvalue weighted by molar-refractivity contribution is -0.228. The molecule has 4 rings (SSSR count). The van der Waals surface area contributed by atoms with Crippen LogP contribution >= 0.6 is 0 Å². The van der Waals surface area contributed by atoms with Crippen molar-refractivity contribution in [3.63, 3.8) is 0 Å². The quantitative estimate of drug-likeness (QED) is 0.791. The van der Waals surface area contributed by atoms with Crippen LogP contribution in [-0.4, -0.2) is 23.7 Å². The SMILES string of the molecule is Cc1ccc([C@@H]2C[C@H]3C(=O)OC[C@H](c4ccccc4)N3O2)c(C)c1. The first-order valence-electron chi connectivity index (χ1n) is 8.37. The second-order valence-corrected chi connectivity index (χ2v) is 6.62. The van der Waals surface area contributed by atoms with Gasteiger partial charge < -0.3 is 4.74 Å². The summed E-state index contributed by atoms with van der Waals surface area (Å²) in [5.41, 5.74) is 4.68. The molecule has 0 unspecified atom stereocenters. The molecule has 2 saturated heterocycles. The van der Waals surface area contributed by atoms with Crippen LogP contribution in [0.15, 0.2) is 48.5 Å². The third-order valence-corrected chi connectivity index (χ3v) is 4.91. The molecule has 4 nitrogen and oxygen atoms in total. The first-order valence-corrected chi connectivity index (χ1v) is 8.37. The number of hydrogen-bond donors (Lipinski definition) is 0. The maximum Gasteiger partial charge on any atom is 0.325 e. The Kier molecular flexibility index (Phi) is 3.87. The molecule has 124 valence electrons. The van der Waals surface area contributed by atoms with E-state index in [0.29, 0.717) is 13.0 Å². The summed E-state index contributed by atoms with van der Waals surface area (Å²) in [7, 11) is 0. The Morgan fingerprint density at radius 2 is 1.83 bits per heavy atom. The zero-order chi connectivity index (χ0) is 16.7. The highest BCUT2D eigenvalue weighted by molar-refractivity contribution is 5.77. The molecule has 2 heterocycles. The Morgan fingerprint density at radius 1 is 1.04 bits per heavy atom. The fraction of sp³-hybridized carbons (Fsp3) is 0.350. The number of nitrogens with zero attached hydrogens (tertiary/aromatic N) is 1. The van der Waals surface area contributed by atoms with E-state index < -0.39 is 0 Å². The summed E-state index contributed by atoms with van der Waals surface area (Å²) < 4.78 is 5.43. The maximum absolute atomic E-state index is 12.2. The number of esters is 1. The van der Waals surface area contributed by atoms with Crippen LogP contribution in [0.4, 0.5) is 0 Å². The molecule has 0 spiro atoms. The molecule has 0 radical (unpaired) electrons.